The number of pyridine rings is 1. The van der Waals surface area contributed by atoms with Crippen LogP contribution >= 0.6 is 11.3 Å². The number of carbonyl (C=O) groups excluding carboxylic acids is 1. The van der Waals surface area contributed by atoms with E-state index in [4.69, 9.17) is 5.84 Å². The molecule has 2 aromatic heterocycles. The molecule has 11 heteroatoms. The average molecular weight is 383 g/mol. The number of sulfonamides is 1. The van der Waals surface area contributed by atoms with E-state index in [1.165, 1.54) is 18.6 Å². The van der Waals surface area contributed by atoms with E-state index in [2.05, 4.69) is 24.9 Å². The largest absolute Gasteiger partial charge is 0.465 e. The lowest BCUT2D eigenvalue weighted by Gasteiger charge is -2.12. The van der Waals surface area contributed by atoms with Crippen LogP contribution in [-0.4, -0.2) is 32.4 Å². The molecule has 0 saturated heterocycles. The Morgan fingerprint density at radius 3 is 2.68 bits per heavy atom. The number of nitrogens with two attached hydrogens (primary N) is 1. The van der Waals surface area contributed by atoms with Gasteiger partial charge in [-0.15, -0.1) is 16.4 Å². The van der Waals surface area contributed by atoms with Crippen molar-refractivity contribution in [1.82, 2.24) is 9.71 Å². The third-order valence-corrected chi connectivity index (χ3v) is 5.40. The lowest BCUT2D eigenvalue weighted by atomic mass is 10.2. The highest BCUT2D eigenvalue weighted by Gasteiger charge is 2.26. The highest BCUT2D eigenvalue weighted by molar-refractivity contribution is 7.90. The third-order valence-electron chi connectivity index (χ3n) is 2.99. The van der Waals surface area contributed by atoms with E-state index in [1.807, 2.05) is 13.0 Å². The summed E-state index contributed by atoms with van der Waals surface area (Å²) in [5, 5.41) is 7.57. The average Bonchev–Trinajstić information content (AvgIpc) is 3.02. The zero-order valence-electron chi connectivity index (χ0n) is 13.7. The second kappa shape index (κ2) is 7.49. The third kappa shape index (κ3) is 4.45. The minimum atomic E-state index is -4.10. The maximum Gasteiger partial charge on any atom is 0.349 e. The topological polar surface area (TPSA) is 136 Å². The molecule has 2 rings (SSSR count). The van der Waals surface area contributed by atoms with Gasteiger partial charge in [0.25, 0.3) is 10.0 Å². The van der Waals surface area contributed by atoms with Gasteiger partial charge in [0.15, 0.2) is 0 Å². The quantitative estimate of drug-likeness (QED) is 0.237. The molecule has 0 unspecified atom stereocenters. The van der Waals surface area contributed by atoms with Crippen LogP contribution in [0.3, 0.4) is 0 Å². The van der Waals surface area contributed by atoms with Crippen LogP contribution in [0, 0.1) is 13.8 Å². The van der Waals surface area contributed by atoms with Crippen LogP contribution in [0.1, 0.15) is 20.9 Å². The van der Waals surface area contributed by atoms with Crippen molar-refractivity contribution < 1.29 is 17.9 Å². The molecule has 25 heavy (non-hydrogen) atoms. The Bertz CT molecular complexity index is 901. The smallest absolute Gasteiger partial charge is 0.349 e. The maximum atomic E-state index is 12.5. The molecule has 0 atom stereocenters. The number of guanidine groups is 1. The van der Waals surface area contributed by atoms with Gasteiger partial charge in [-0.3, -0.25) is 0 Å². The molecule has 0 saturated carbocycles. The highest BCUT2D eigenvalue weighted by atomic mass is 32.2. The molecule has 0 fully saturated rings. The molecule has 0 amide bonds. The minimum Gasteiger partial charge on any atom is -0.465 e. The molecule has 2 aromatic rings. The van der Waals surface area contributed by atoms with Crippen LogP contribution in [0.2, 0.25) is 0 Å². The molecule has 0 aliphatic carbocycles. The molecule has 0 spiro atoms. The molecule has 9 nitrogen and oxygen atoms in total. The Morgan fingerprint density at radius 1 is 1.36 bits per heavy atom. The lowest BCUT2D eigenvalue weighted by molar-refractivity contribution is 0.0602. The summed E-state index contributed by atoms with van der Waals surface area (Å²) in [5.74, 6) is 4.66. The van der Waals surface area contributed by atoms with Gasteiger partial charge in [-0.2, -0.15) is 0 Å². The van der Waals surface area contributed by atoms with E-state index in [-0.39, 0.29) is 15.7 Å². The van der Waals surface area contributed by atoms with E-state index in [1.54, 1.807) is 13.0 Å². The number of rotatable bonds is 4. The van der Waals surface area contributed by atoms with Gasteiger partial charge in [-0.1, -0.05) is 0 Å². The van der Waals surface area contributed by atoms with Crippen LogP contribution in [0.15, 0.2) is 33.6 Å². The SMILES string of the molecule is COC(=O)c1sccc1S(=O)(=O)N/C(=N\N)Nc1cc(C)cc(C)n1. The van der Waals surface area contributed by atoms with Crippen molar-refractivity contribution in [3.63, 3.8) is 0 Å². The summed E-state index contributed by atoms with van der Waals surface area (Å²) < 4.78 is 31.8. The standard InChI is InChI=1S/C14H17N5O4S2/c1-8-6-9(2)16-11(7-8)17-14(18-15)19-25(21,22)10-4-5-24-12(10)13(20)23-3/h4-7H,15H2,1-3H3,(H2,16,17,18,19). The second-order valence-corrected chi connectivity index (χ2v) is 7.55. The summed E-state index contributed by atoms with van der Waals surface area (Å²) in [5.41, 5.74) is 1.67. The van der Waals surface area contributed by atoms with Gasteiger partial charge in [0, 0.05) is 5.69 Å². The van der Waals surface area contributed by atoms with Crippen molar-refractivity contribution in [1.29, 1.82) is 0 Å². The predicted molar refractivity (Wildman–Crippen MR) is 94.9 cm³/mol. The summed E-state index contributed by atoms with van der Waals surface area (Å²) in [7, 11) is -2.92. The number of aromatic nitrogens is 1. The Labute approximate surface area is 149 Å². The molecular formula is C14H17N5O4S2. The van der Waals surface area contributed by atoms with Crippen molar-refractivity contribution in [2.75, 3.05) is 12.4 Å². The summed E-state index contributed by atoms with van der Waals surface area (Å²) in [6.07, 6.45) is 0. The fraction of sp³-hybridized carbons (Fsp3) is 0.214. The number of nitrogens with one attached hydrogen (secondary N) is 2. The summed E-state index contributed by atoms with van der Waals surface area (Å²) >= 11 is 0.954. The van der Waals surface area contributed by atoms with E-state index < -0.39 is 16.0 Å². The number of hydrazone groups is 1. The number of aryl methyl sites for hydroxylation is 2. The van der Waals surface area contributed by atoms with Crippen LogP contribution in [0.4, 0.5) is 5.82 Å². The number of anilines is 1. The first-order chi connectivity index (χ1) is 11.8. The van der Waals surface area contributed by atoms with Gasteiger partial charge in [-0.05, 0) is 43.0 Å². The van der Waals surface area contributed by atoms with E-state index in [0.717, 1.165) is 22.6 Å². The van der Waals surface area contributed by atoms with Gasteiger partial charge in [0.1, 0.15) is 15.6 Å². The van der Waals surface area contributed by atoms with Crippen LogP contribution in [0.5, 0.6) is 0 Å². The number of esters is 1. The first-order valence-corrected chi connectivity index (χ1v) is 9.32. The summed E-state index contributed by atoms with van der Waals surface area (Å²) in [4.78, 5) is 15.6. The van der Waals surface area contributed by atoms with Gasteiger partial charge in [0.05, 0.1) is 7.11 Å². The minimum absolute atomic E-state index is 0.0455. The monoisotopic (exact) mass is 383 g/mol. The number of ether oxygens (including phenoxy) is 1. The van der Waals surface area contributed by atoms with Crippen molar-refractivity contribution in [3.05, 3.63) is 39.7 Å². The number of carbonyl (C=O) groups is 1. The fourth-order valence-corrected chi connectivity index (χ4v) is 4.35. The molecule has 0 aliphatic rings. The van der Waals surface area contributed by atoms with Crippen molar-refractivity contribution in [2.45, 2.75) is 18.7 Å². The zero-order valence-corrected chi connectivity index (χ0v) is 15.4. The summed E-state index contributed by atoms with van der Waals surface area (Å²) in [6, 6.07) is 4.86. The van der Waals surface area contributed by atoms with Crippen LogP contribution in [-0.2, 0) is 14.8 Å². The Balaban J connectivity index is 2.26. The molecule has 2 heterocycles. The Hall–Kier alpha value is -2.66. The molecule has 4 N–H and O–H groups in total. The van der Waals surface area contributed by atoms with Crippen LogP contribution in [0.25, 0.3) is 0 Å². The van der Waals surface area contributed by atoms with Crippen molar-refractivity contribution in [3.8, 4) is 0 Å². The van der Waals surface area contributed by atoms with Gasteiger partial charge >= 0.3 is 5.97 Å². The van der Waals surface area contributed by atoms with Crippen molar-refractivity contribution in [2.24, 2.45) is 10.9 Å². The zero-order chi connectivity index (χ0) is 18.6. The molecule has 0 radical (unpaired) electrons. The predicted octanol–water partition coefficient (Wildman–Crippen LogP) is 1.17. The van der Waals surface area contributed by atoms with E-state index >= 15 is 0 Å². The summed E-state index contributed by atoms with van der Waals surface area (Å²) in [6.45, 7) is 3.67. The van der Waals surface area contributed by atoms with E-state index in [9.17, 15) is 13.2 Å². The van der Waals surface area contributed by atoms with E-state index in [0.29, 0.717) is 5.82 Å². The Kier molecular flexibility index (Phi) is 5.59. The highest BCUT2D eigenvalue weighted by Crippen LogP contribution is 2.22. The molecule has 0 aromatic carbocycles. The van der Waals surface area contributed by atoms with Crippen LogP contribution < -0.4 is 15.9 Å². The first kappa shape index (κ1) is 18.7. The van der Waals surface area contributed by atoms with Gasteiger partial charge in [0.2, 0.25) is 5.96 Å². The number of methoxy groups -OCH3 is 1. The molecule has 134 valence electrons. The van der Waals surface area contributed by atoms with Gasteiger partial charge in [-0.25, -0.2) is 22.9 Å². The van der Waals surface area contributed by atoms with Crippen molar-refractivity contribution >= 4 is 39.1 Å². The first-order valence-electron chi connectivity index (χ1n) is 6.95. The number of nitrogens with zero attached hydrogens (tertiary/aromatic N) is 2. The number of thiophene rings is 1. The normalized spacial score (nSPS) is 11.9. The number of hydrogen-bond acceptors (Lipinski definition) is 8. The lowest BCUT2D eigenvalue weighted by Crippen LogP contribution is -2.37. The molecular weight excluding hydrogens is 366 g/mol. The fourth-order valence-electron chi connectivity index (χ4n) is 2.04. The molecule has 0 bridgehead atoms. The van der Waals surface area contributed by atoms with Gasteiger partial charge < -0.3 is 15.9 Å². The second-order valence-electron chi connectivity index (χ2n) is 4.98. The maximum absolute atomic E-state index is 12.5. The molecule has 0 aliphatic heterocycles. The Morgan fingerprint density at radius 2 is 2.08 bits per heavy atom. The number of hydrogen-bond donors (Lipinski definition) is 3.